The van der Waals surface area contributed by atoms with E-state index in [1.54, 1.807) is 35.0 Å². The molecular formula is C22H27ClN4O3. The van der Waals surface area contributed by atoms with Crippen LogP contribution in [-0.2, 0) is 16.1 Å². The van der Waals surface area contributed by atoms with Crippen molar-refractivity contribution in [3.8, 4) is 0 Å². The second kappa shape index (κ2) is 10.8. The molecule has 0 fully saturated rings. The fourth-order valence-corrected chi connectivity index (χ4v) is 3.39. The van der Waals surface area contributed by atoms with Crippen LogP contribution in [0, 0.1) is 0 Å². The normalized spacial score (nSPS) is 14.7. The number of amides is 3. The molecule has 0 saturated heterocycles. The third kappa shape index (κ3) is 5.17. The summed E-state index contributed by atoms with van der Waals surface area (Å²) >= 11 is 0. The minimum Gasteiger partial charge on any atom is -0.345 e. The van der Waals surface area contributed by atoms with Crippen molar-refractivity contribution in [3.05, 3.63) is 71.3 Å². The Morgan fingerprint density at radius 2 is 1.73 bits per heavy atom. The Kier molecular flexibility index (Phi) is 8.38. The van der Waals surface area contributed by atoms with Gasteiger partial charge in [0.05, 0.1) is 6.54 Å². The van der Waals surface area contributed by atoms with Gasteiger partial charge in [0.2, 0.25) is 11.8 Å². The van der Waals surface area contributed by atoms with Crippen LogP contribution in [0.5, 0.6) is 0 Å². The number of hydrogen-bond donors (Lipinski definition) is 2. The molecule has 1 heterocycles. The largest absolute Gasteiger partial charge is 0.345 e. The van der Waals surface area contributed by atoms with Crippen LogP contribution in [-0.4, -0.2) is 61.3 Å². The second-order valence-electron chi connectivity index (χ2n) is 7.05. The quantitative estimate of drug-likeness (QED) is 0.666. The maximum Gasteiger partial charge on any atom is 0.255 e. The number of hydrogen-bond acceptors (Lipinski definition) is 4. The van der Waals surface area contributed by atoms with Gasteiger partial charge >= 0.3 is 0 Å². The highest BCUT2D eigenvalue weighted by molar-refractivity contribution is 6.05. The molecule has 2 N–H and O–H groups in total. The molecule has 2 aromatic rings. The highest BCUT2D eigenvalue weighted by atomic mass is 35.5. The van der Waals surface area contributed by atoms with Crippen LogP contribution in [0.3, 0.4) is 0 Å². The Morgan fingerprint density at radius 1 is 1.07 bits per heavy atom. The van der Waals surface area contributed by atoms with E-state index in [-0.39, 0.29) is 36.7 Å². The molecule has 30 heavy (non-hydrogen) atoms. The molecule has 0 aliphatic carbocycles. The Labute approximate surface area is 182 Å². The number of nitrogens with one attached hydrogen (secondary N) is 2. The Hall–Kier alpha value is -2.90. The minimum atomic E-state index is -0.755. The molecule has 2 aromatic carbocycles. The van der Waals surface area contributed by atoms with Gasteiger partial charge in [0.15, 0.2) is 0 Å². The lowest BCUT2D eigenvalue weighted by atomic mass is 10.0. The van der Waals surface area contributed by atoms with E-state index in [0.717, 1.165) is 5.56 Å². The predicted molar refractivity (Wildman–Crippen MR) is 117 cm³/mol. The minimum absolute atomic E-state index is 0. The topological polar surface area (TPSA) is 81.8 Å². The highest BCUT2D eigenvalue weighted by Gasteiger charge is 2.40. The van der Waals surface area contributed by atoms with Gasteiger partial charge in [-0.25, -0.2) is 0 Å². The average Bonchev–Trinajstić information content (AvgIpc) is 3.02. The zero-order valence-electron chi connectivity index (χ0n) is 17.1. The lowest BCUT2D eigenvalue weighted by Gasteiger charge is -2.25. The summed E-state index contributed by atoms with van der Waals surface area (Å²) in [6.07, 6.45) is 0. The summed E-state index contributed by atoms with van der Waals surface area (Å²) in [5.74, 6) is -0.711. The molecule has 1 aliphatic rings. The van der Waals surface area contributed by atoms with Crippen LogP contribution in [0.15, 0.2) is 54.6 Å². The molecule has 0 saturated carbocycles. The van der Waals surface area contributed by atoms with Crippen molar-refractivity contribution in [1.82, 2.24) is 20.4 Å². The van der Waals surface area contributed by atoms with Crippen LogP contribution in [0.25, 0.3) is 0 Å². The standard InChI is InChI=1S/C22H26N4O3.ClH/c1-23-12-13-25(2)19(27)14-24-21(28)20-17-10-6-7-11-18(17)22(29)26(20)15-16-8-4-3-5-9-16;/h3-11,20,23H,12-15H2,1-2H3,(H,24,28);1H. The fraction of sp³-hybridized carbons (Fsp3) is 0.318. The van der Waals surface area contributed by atoms with E-state index in [1.807, 2.05) is 43.4 Å². The Morgan fingerprint density at radius 3 is 2.43 bits per heavy atom. The Balaban J connectivity index is 0.00000320. The summed E-state index contributed by atoms with van der Waals surface area (Å²) in [6, 6.07) is 15.9. The lowest BCUT2D eigenvalue weighted by Crippen LogP contribution is -2.44. The second-order valence-corrected chi connectivity index (χ2v) is 7.05. The van der Waals surface area contributed by atoms with Crippen molar-refractivity contribution in [2.24, 2.45) is 0 Å². The molecule has 7 nitrogen and oxygen atoms in total. The average molecular weight is 431 g/mol. The first-order valence-corrected chi connectivity index (χ1v) is 9.63. The summed E-state index contributed by atoms with van der Waals surface area (Å²) in [5, 5.41) is 5.70. The molecular weight excluding hydrogens is 404 g/mol. The molecule has 0 spiro atoms. The van der Waals surface area contributed by atoms with Crippen LogP contribution < -0.4 is 10.6 Å². The number of nitrogens with zero attached hydrogens (tertiary/aromatic N) is 2. The number of benzene rings is 2. The molecule has 8 heteroatoms. The first kappa shape index (κ1) is 23.4. The van der Waals surface area contributed by atoms with E-state index in [2.05, 4.69) is 10.6 Å². The SMILES string of the molecule is CNCCN(C)C(=O)CNC(=O)C1c2ccccc2C(=O)N1Cc1ccccc1.Cl. The van der Waals surface area contributed by atoms with E-state index in [1.165, 1.54) is 0 Å². The van der Waals surface area contributed by atoms with Gasteiger partial charge in [-0.1, -0.05) is 48.5 Å². The predicted octanol–water partition coefficient (Wildman–Crippen LogP) is 1.60. The van der Waals surface area contributed by atoms with Gasteiger partial charge in [-0.05, 0) is 24.2 Å². The molecule has 160 valence electrons. The molecule has 1 aliphatic heterocycles. The summed E-state index contributed by atoms with van der Waals surface area (Å²) in [6.45, 7) is 1.44. The number of rotatable bonds is 8. The zero-order valence-corrected chi connectivity index (χ0v) is 17.9. The van der Waals surface area contributed by atoms with Crippen molar-refractivity contribution in [3.63, 3.8) is 0 Å². The lowest BCUT2D eigenvalue weighted by molar-refractivity contribution is -0.133. The zero-order chi connectivity index (χ0) is 20.8. The van der Waals surface area contributed by atoms with Crippen LogP contribution in [0.2, 0.25) is 0 Å². The third-order valence-electron chi connectivity index (χ3n) is 5.04. The molecule has 3 rings (SSSR count). The van der Waals surface area contributed by atoms with Crippen LogP contribution >= 0.6 is 12.4 Å². The van der Waals surface area contributed by atoms with Crippen molar-refractivity contribution in [2.45, 2.75) is 12.6 Å². The molecule has 0 radical (unpaired) electrons. The van der Waals surface area contributed by atoms with Crippen molar-refractivity contribution < 1.29 is 14.4 Å². The van der Waals surface area contributed by atoms with Crippen molar-refractivity contribution >= 4 is 30.1 Å². The van der Waals surface area contributed by atoms with Crippen molar-refractivity contribution in [1.29, 1.82) is 0 Å². The molecule has 0 aromatic heterocycles. The monoisotopic (exact) mass is 430 g/mol. The summed E-state index contributed by atoms with van der Waals surface area (Å²) in [5.41, 5.74) is 2.14. The van der Waals surface area contributed by atoms with Gasteiger partial charge < -0.3 is 20.4 Å². The third-order valence-corrected chi connectivity index (χ3v) is 5.04. The van der Waals surface area contributed by atoms with Crippen LogP contribution in [0.4, 0.5) is 0 Å². The van der Waals surface area contributed by atoms with E-state index >= 15 is 0 Å². The van der Waals surface area contributed by atoms with Gasteiger partial charge in [0.1, 0.15) is 6.04 Å². The fourth-order valence-electron chi connectivity index (χ4n) is 3.39. The summed E-state index contributed by atoms with van der Waals surface area (Å²) in [7, 11) is 3.51. The number of carbonyl (C=O) groups excluding carboxylic acids is 3. The van der Waals surface area contributed by atoms with Gasteiger partial charge in [-0.15, -0.1) is 12.4 Å². The smallest absolute Gasteiger partial charge is 0.255 e. The number of carbonyl (C=O) groups is 3. The number of fused-ring (bicyclic) bond motifs is 1. The number of likely N-dealkylation sites (N-methyl/N-ethyl adjacent to an activating group) is 2. The van der Waals surface area contributed by atoms with E-state index in [9.17, 15) is 14.4 Å². The number of halogens is 1. The van der Waals surface area contributed by atoms with Crippen molar-refractivity contribution in [2.75, 3.05) is 33.7 Å². The summed E-state index contributed by atoms with van der Waals surface area (Å²) < 4.78 is 0. The Bertz CT molecular complexity index is 891. The highest BCUT2D eigenvalue weighted by Crippen LogP contribution is 2.34. The van der Waals surface area contributed by atoms with E-state index in [4.69, 9.17) is 0 Å². The van der Waals surface area contributed by atoms with E-state index < -0.39 is 6.04 Å². The molecule has 1 atom stereocenters. The first-order valence-electron chi connectivity index (χ1n) is 9.63. The van der Waals surface area contributed by atoms with Gasteiger partial charge in [-0.3, -0.25) is 14.4 Å². The van der Waals surface area contributed by atoms with Crippen LogP contribution in [0.1, 0.15) is 27.5 Å². The maximum atomic E-state index is 13.0. The maximum absolute atomic E-state index is 13.0. The van der Waals surface area contributed by atoms with Gasteiger partial charge in [0, 0.05) is 32.2 Å². The molecule has 1 unspecified atom stereocenters. The van der Waals surface area contributed by atoms with Gasteiger partial charge in [-0.2, -0.15) is 0 Å². The summed E-state index contributed by atoms with van der Waals surface area (Å²) in [4.78, 5) is 41.3. The first-order chi connectivity index (χ1) is 14.0. The van der Waals surface area contributed by atoms with E-state index in [0.29, 0.717) is 30.8 Å². The van der Waals surface area contributed by atoms with Gasteiger partial charge in [0.25, 0.3) is 5.91 Å². The molecule has 0 bridgehead atoms. The molecule has 3 amide bonds.